The molecule has 19 heavy (non-hydrogen) atoms. The molecule has 0 aromatic heterocycles. The zero-order valence-corrected chi connectivity index (χ0v) is 10.8. The Morgan fingerprint density at radius 2 is 2.00 bits per heavy atom. The van der Waals surface area contributed by atoms with E-state index in [1.54, 1.807) is 6.07 Å². The number of piperidine rings is 1. The molecule has 6 nitrogen and oxygen atoms in total. The zero-order chi connectivity index (χ0) is 13.8. The van der Waals surface area contributed by atoms with Crippen molar-refractivity contribution in [3.63, 3.8) is 0 Å². The molecule has 0 aliphatic carbocycles. The smallest absolute Gasteiger partial charge is 0.340 e. The Balaban J connectivity index is 2.40. The number of carbonyl (C=O) groups is 1. The first-order chi connectivity index (χ1) is 9.13. The fourth-order valence-corrected chi connectivity index (χ4v) is 2.32. The number of ether oxygens (including phenoxy) is 1. The van der Waals surface area contributed by atoms with Crippen LogP contribution in [0.4, 0.5) is 11.4 Å². The van der Waals surface area contributed by atoms with Gasteiger partial charge in [0.05, 0.1) is 23.3 Å². The Kier molecular flexibility index (Phi) is 3.99. The Morgan fingerprint density at radius 1 is 1.32 bits per heavy atom. The molecule has 0 spiro atoms. The summed E-state index contributed by atoms with van der Waals surface area (Å²) < 4.78 is 4.71. The van der Waals surface area contributed by atoms with E-state index in [2.05, 4.69) is 4.90 Å². The molecule has 102 valence electrons. The molecule has 1 aromatic rings. The highest BCUT2D eigenvalue weighted by atomic mass is 16.6. The standard InChI is InChI=1S/C13H16N2O4/c1-19-13(16)11-9-10(15(17)18)5-6-12(11)14-7-3-2-4-8-14/h5-6,9H,2-4,7-8H2,1H3. The van der Waals surface area contributed by atoms with Gasteiger partial charge >= 0.3 is 5.97 Å². The lowest BCUT2D eigenvalue weighted by molar-refractivity contribution is -0.384. The summed E-state index contributed by atoms with van der Waals surface area (Å²) in [7, 11) is 1.28. The number of rotatable bonds is 3. The largest absolute Gasteiger partial charge is 0.465 e. The summed E-state index contributed by atoms with van der Waals surface area (Å²) in [5.74, 6) is -0.538. The van der Waals surface area contributed by atoms with Crippen molar-refractivity contribution in [2.75, 3.05) is 25.1 Å². The number of methoxy groups -OCH3 is 1. The second-order valence-electron chi connectivity index (χ2n) is 4.50. The highest BCUT2D eigenvalue weighted by Crippen LogP contribution is 2.28. The highest BCUT2D eigenvalue weighted by Gasteiger charge is 2.22. The number of non-ortho nitro benzene ring substituents is 1. The summed E-state index contributed by atoms with van der Waals surface area (Å²) in [6.07, 6.45) is 3.31. The Bertz CT molecular complexity index is 495. The van der Waals surface area contributed by atoms with Crippen LogP contribution in [0.15, 0.2) is 18.2 Å². The lowest BCUT2D eigenvalue weighted by Crippen LogP contribution is -2.30. The van der Waals surface area contributed by atoms with Crippen LogP contribution in [0.25, 0.3) is 0 Å². The Labute approximate surface area is 111 Å². The number of benzene rings is 1. The summed E-state index contributed by atoms with van der Waals surface area (Å²) in [5, 5.41) is 10.8. The maximum atomic E-state index is 11.8. The van der Waals surface area contributed by atoms with Gasteiger partial charge in [-0.25, -0.2) is 4.79 Å². The maximum Gasteiger partial charge on any atom is 0.340 e. The van der Waals surface area contributed by atoms with E-state index in [1.165, 1.54) is 25.7 Å². The zero-order valence-electron chi connectivity index (χ0n) is 10.8. The van der Waals surface area contributed by atoms with Gasteiger partial charge in [0, 0.05) is 25.2 Å². The number of esters is 1. The molecule has 0 amide bonds. The molecule has 6 heteroatoms. The van der Waals surface area contributed by atoms with Crippen LogP contribution in [-0.2, 0) is 4.74 Å². The van der Waals surface area contributed by atoms with Gasteiger partial charge in [-0.05, 0) is 25.3 Å². The molecule has 0 radical (unpaired) electrons. The van der Waals surface area contributed by atoms with Crippen molar-refractivity contribution in [2.45, 2.75) is 19.3 Å². The van der Waals surface area contributed by atoms with Gasteiger partial charge in [0.2, 0.25) is 0 Å². The van der Waals surface area contributed by atoms with E-state index in [4.69, 9.17) is 4.74 Å². The molecule has 0 saturated carbocycles. The molecule has 2 rings (SSSR count). The third-order valence-electron chi connectivity index (χ3n) is 3.29. The maximum absolute atomic E-state index is 11.8. The summed E-state index contributed by atoms with van der Waals surface area (Å²) >= 11 is 0. The van der Waals surface area contributed by atoms with Crippen molar-refractivity contribution in [1.29, 1.82) is 0 Å². The number of anilines is 1. The van der Waals surface area contributed by atoms with Crippen LogP contribution in [0.1, 0.15) is 29.6 Å². The predicted octanol–water partition coefficient (Wildman–Crippen LogP) is 2.37. The van der Waals surface area contributed by atoms with E-state index in [0.717, 1.165) is 31.6 Å². The first kappa shape index (κ1) is 13.3. The fourth-order valence-electron chi connectivity index (χ4n) is 2.32. The van der Waals surface area contributed by atoms with Crippen molar-refractivity contribution in [3.05, 3.63) is 33.9 Å². The Hall–Kier alpha value is -2.11. The van der Waals surface area contributed by atoms with Crippen LogP contribution < -0.4 is 4.90 Å². The van der Waals surface area contributed by atoms with Crippen LogP contribution >= 0.6 is 0 Å². The van der Waals surface area contributed by atoms with E-state index in [0.29, 0.717) is 0 Å². The van der Waals surface area contributed by atoms with Crippen molar-refractivity contribution in [1.82, 2.24) is 0 Å². The van der Waals surface area contributed by atoms with E-state index in [-0.39, 0.29) is 11.3 Å². The molecule has 1 fully saturated rings. The number of carbonyl (C=O) groups excluding carboxylic acids is 1. The van der Waals surface area contributed by atoms with Gasteiger partial charge < -0.3 is 9.64 Å². The van der Waals surface area contributed by atoms with Crippen molar-refractivity contribution in [2.24, 2.45) is 0 Å². The molecular formula is C13H16N2O4. The molecule has 0 bridgehead atoms. The minimum atomic E-state index is -0.538. The fraction of sp³-hybridized carbons (Fsp3) is 0.462. The van der Waals surface area contributed by atoms with Gasteiger partial charge in [0.1, 0.15) is 0 Å². The molecule has 1 aliphatic heterocycles. The first-order valence-corrected chi connectivity index (χ1v) is 6.25. The third-order valence-corrected chi connectivity index (χ3v) is 3.29. The van der Waals surface area contributed by atoms with Crippen LogP contribution in [-0.4, -0.2) is 31.1 Å². The van der Waals surface area contributed by atoms with Gasteiger partial charge in [-0.2, -0.15) is 0 Å². The summed E-state index contributed by atoms with van der Waals surface area (Å²) in [5.41, 5.74) is 0.886. The molecule has 1 heterocycles. The van der Waals surface area contributed by atoms with Crippen LogP contribution in [0.3, 0.4) is 0 Å². The quantitative estimate of drug-likeness (QED) is 0.476. The average molecular weight is 264 g/mol. The molecule has 1 aromatic carbocycles. The van der Waals surface area contributed by atoms with Gasteiger partial charge in [0.15, 0.2) is 0 Å². The molecular weight excluding hydrogens is 248 g/mol. The summed E-state index contributed by atoms with van der Waals surface area (Å²) in [6, 6.07) is 4.35. The van der Waals surface area contributed by atoms with Crippen LogP contribution in [0, 0.1) is 10.1 Å². The number of nitro benzene ring substituents is 1. The normalized spacial score (nSPS) is 15.1. The second kappa shape index (κ2) is 5.69. The molecule has 0 N–H and O–H groups in total. The van der Waals surface area contributed by atoms with Crippen LogP contribution in [0.5, 0.6) is 0 Å². The summed E-state index contributed by atoms with van der Waals surface area (Å²) in [6.45, 7) is 1.73. The van der Waals surface area contributed by atoms with E-state index in [1.807, 2.05) is 0 Å². The summed E-state index contributed by atoms with van der Waals surface area (Å²) in [4.78, 5) is 24.1. The van der Waals surface area contributed by atoms with Crippen molar-refractivity contribution in [3.8, 4) is 0 Å². The monoisotopic (exact) mass is 264 g/mol. The lowest BCUT2D eigenvalue weighted by atomic mass is 10.1. The van der Waals surface area contributed by atoms with Crippen molar-refractivity contribution >= 4 is 17.3 Å². The number of nitrogens with zero attached hydrogens (tertiary/aromatic N) is 2. The minimum Gasteiger partial charge on any atom is -0.465 e. The molecule has 0 unspecified atom stereocenters. The van der Waals surface area contributed by atoms with E-state index < -0.39 is 10.9 Å². The average Bonchev–Trinajstić information content (AvgIpc) is 2.46. The van der Waals surface area contributed by atoms with Gasteiger partial charge in [-0.3, -0.25) is 10.1 Å². The Morgan fingerprint density at radius 3 is 2.58 bits per heavy atom. The topological polar surface area (TPSA) is 72.7 Å². The first-order valence-electron chi connectivity index (χ1n) is 6.25. The molecule has 1 saturated heterocycles. The van der Waals surface area contributed by atoms with Crippen LogP contribution in [0.2, 0.25) is 0 Å². The SMILES string of the molecule is COC(=O)c1cc([N+](=O)[O-])ccc1N1CCCCC1. The predicted molar refractivity (Wildman–Crippen MR) is 70.5 cm³/mol. The molecule has 1 aliphatic rings. The third kappa shape index (κ3) is 2.83. The highest BCUT2D eigenvalue weighted by molar-refractivity contribution is 5.96. The van der Waals surface area contributed by atoms with E-state index >= 15 is 0 Å². The van der Waals surface area contributed by atoms with Gasteiger partial charge in [-0.15, -0.1) is 0 Å². The lowest BCUT2D eigenvalue weighted by Gasteiger charge is -2.29. The van der Waals surface area contributed by atoms with Crippen molar-refractivity contribution < 1.29 is 14.5 Å². The van der Waals surface area contributed by atoms with Gasteiger partial charge in [0.25, 0.3) is 5.69 Å². The van der Waals surface area contributed by atoms with E-state index in [9.17, 15) is 14.9 Å². The minimum absolute atomic E-state index is 0.0961. The number of hydrogen-bond acceptors (Lipinski definition) is 5. The number of nitro groups is 1. The second-order valence-corrected chi connectivity index (χ2v) is 4.50. The van der Waals surface area contributed by atoms with Gasteiger partial charge in [-0.1, -0.05) is 0 Å². The number of hydrogen-bond donors (Lipinski definition) is 0. The molecule has 0 atom stereocenters.